The second-order valence-electron chi connectivity index (χ2n) is 5.27. The Morgan fingerprint density at radius 1 is 1.42 bits per heavy atom. The fourth-order valence-corrected chi connectivity index (χ4v) is 2.37. The van der Waals surface area contributed by atoms with Crippen molar-refractivity contribution in [1.29, 1.82) is 0 Å². The van der Waals surface area contributed by atoms with Crippen LogP contribution in [0.2, 0.25) is 0 Å². The minimum atomic E-state index is -1.38. The zero-order chi connectivity index (χ0) is 14.6. The number of halogens is 1. The van der Waals surface area contributed by atoms with Crippen LogP contribution in [0.3, 0.4) is 0 Å². The summed E-state index contributed by atoms with van der Waals surface area (Å²) in [6.07, 6.45) is 0.235. The van der Waals surface area contributed by atoms with Gasteiger partial charge in [-0.15, -0.1) is 4.72 Å². The van der Waals surface area contributed by atoms with Gasteiger partial charge in [0.15, 0.2) is 0 Å². The molecule has 0 saturated heterocycles. The molecule has 19 heavy (non-hydrogen) atoms. The van der Waals surface area contributed by atoms with Crippen molar-refractivity contribution in [3.05, 3.63) is 29.6 Å². The van der Waals surface area contributed by atoms with Crippen molar-refractivity contribution >= 4 is 11.4 Å². The van der Waals surface area contributed by atoms with Crippen molar-refractivity contribution < 1.29 is 19.2 Å². The van der Waals surface area contributed by atoms with Gasteiger partial charge in [0.05, 0.1) is 6.04 Å². The first kappa shape index (κ1) is 16.2. The number of nitrogens with one attached hydrogen (secondary N) is 1. The predicted octanol–water partition coefficient (Wildman–Crippen LogP) is 2.01. The summed E-state index contributed by atoms with van der Waals surface area (Å²) in [5.74, 6) is -0.572. The largest absolute Gasteiger partial charge is 0.598 e. The monoisotopic (exact) mass is 289 g/mol. The van der Waals surface area contributed by atoms with Crippen LogP contribution in [0.1, 0.15) is 38.8 Å². The smallest absolute Gasteiger partial charge is 0.136 e. The van der Waals surface area contributed by atoms with E-state index >= 15 is 0 Å². The van der Waals surface area contributed by atoms with Crippen LogP contribution in [0.25, 0.3) is 0 Å². The zero-order valence-electron chi connectivity index (χ0n) is 11.3. The van der Waals surface area contributed by atoms with Crippen molar-refractivity contribution in [2.75, 3.05) is 6.61 Å². The van der Waals surface area contributed by atoms with Gasteiger partial charge in [-0.2, -0.15) is 0 Å². The van der Waals surface area contributed by atoms with Crippen LogP contribution in [0.4, 0.5) is 4.39 Å². The lowest BCUT2D eigenvalue weighted by atomic mass is 10.0. The van der Waals surface area contributed by atoms with Crippen molar-refractivity contribution in [3.8, 4) is 5.75 Å². The van der Waals surface area contributed by atoms with Gasteiger partial charge in [0.2, 0.25) is 0 Å². The molecular formula is C13H20FNO3S. The first-order chi connectivity index (χ1) is 8.75. The van der Waals surface area contributed by atoms with Gasteiger partial charge >= 0.3 is 0 Å². The van der Waals surface area contributed by atoms with Crippen molar-refractivity contribution in [1.82, 2.24) is 4.72 Å². The number of hydrogen-bond donors (Lipinski definition) is 3. The maximum atomic E-state index is 13.2. The van der Waals surface area contributed by atoms with Gasteiger partial charge in [-0.3, -0.25) is 0 Å². The Morgan fingerprint density at radius 2 is 2.05 bits per heavy atom. The van der Waals surface area contributed by atoms with Gasteiger partial charge in [-0.1, -0.05) is 0 Å². The molecule has 1 aromatic carbocycles. The average Bonchev–Trinajstić information content (AvgIpc) is 2.30. The Morgan fingerprint density at radius 3 is 2.58 bits per heavy atom. The molecule has 0 aliphatic heterocycles. The molecule has 2 atom stereocenters. The van der Waals surface area contributed by atoms with E-state index in [0.29, 0.717) is 5.56 Å². The zero-order valence-corrected chi connectivity index (χ0v) is 12.1. The minimum Gasteiger partial charge on any atom is -0.598 e. The highest BCUT2D eigenvalue weighted by Crippen LogP contribution is 2.29. The number of rotatable bonds is 5. The molecule has 0 saturated carbocycles. The van der Waals surface area contributed by atoms with Crippen molar-refractivity contribution in [2.45, 2.75) is 38.0 Å². The molecule has 0 radical (unpaired) electrons. The van der Waals surface area contributed by atoms with Crippen molar-refractivity contribution in [3.63, 3.8) is 0 Å². The first-order valence-corrected chi connectivity index (χ1v) is 7.18. The molecule has 0 spiro atoms. The lowest BCUT2D eigenvalue weighted by molar-refractivity contribution is 0.271. The van der Waals surface area contributed by atoms with Crippen molar-refractivity contribution in [2.24, 2.45) is 0 Å². The van der Waals surface area contributed by atoms with E-state index in [1.807, 2.05) is 0 Å². The number of phenolic OH excluding ortho intramolecular Hbond substituents is 1. The lowest BCUT2D eigenvalue weighted by Crippen LogP contribution is -2.41. The van der Waals surface area contributed by atoms with Crippen LogP contribution >= 0.6 is 0 Å². The van der Waals surface area contributed by atoms with Gasteiger partial charge in [0, 0.05) is 23.5 Å². The van der Waals surface area contributed by atoms with Crippen LogP contribution < -0.4 is 4.72 Å². The summed E-state index contributed by atoms with van der Waals surface area (Å²) in [6, 6.07) is 3.01. The van der Waals surface area contributed by atoms with E-state index in [4.69, 9.17) is 5.11 Å². The van der Waals surface area contributed by atoms with E-state index in [0.717, 1.165) is 6.07 Å². The predicted molar refractivity (Wildman–Crippen MR) is 73.5 cm³/mol. The molecule has 4 nitrogen and oxygen atoms in total. The molecule has 0 unspecified atom stereocenters. The normalized spacial score (nSPS) is 15.3. The van der Waals surface area contributed by atoms with Gasteiger partial charge in [-0.25, -0.2) is 4.39 Å². The van der Waals surface area contributed by atoms with Gasteiger partial charge in [0.1, 0.15) is 16.3 Å². The van der Waals surface area contributed by atoms with Crippen LogP contribution in [-0.2, 0) is 11.4 Å². The van der Waals surface area contributed by atoms with Gasteiger partial charge in [0.25, 0.3) is 0 Å². The van der Waals surface area contributed by atoms with E-state index in [-0.39, 0.29) is 18.8 Å². The Balaban J connectivity index is 2.97. The Labute approximate surface area is 116 Å². The number of phenols is 1. The molecule has 0 heterocycles. The summed E-state index contributed by atoms with van der Waals surface area (Å²) >= 11 is -1.38. The molecule has 0 aromatic heterocycles. The SMILES string of the molecule is CC(C)(C)[S@@+]([O-])N[C@H](CCO)c1cc(F)ccc1O. The quantitative estimate of drug-likeness (QED) is 0.725. The third-order valence-corrected chi connectivity index (χ3v) is 4.20. The summed E-state index contributed by atoms with van der Waals surface area (Å²) in [6.45, 7) is 5.25. The second-order valence-corrected chi connectivity index (χ2v) is 7.26. The second kappa shape index (κ2) is 6.56. The molecule has 0 aliphatic rings. The molecule has 3 N–H and O–H groups in total. The highest BCUT2D eigenvalue weighted by molar-refractivity contribution is 7.90. The maximum absolute atomic E-state index is 13.2. The molecule has 0 aliphatic carbocycles. The highest BCUT2D eigenvalue weighted by atomic mass is 32.2. The van der Waals surface area contributed by atoms with Crippen LogP contribution in [0.15, 0.2) is 18.2 Å². The fourth-order valence-electron chi connectivity index (χ4n) is 1.52. The number of hydrogen-bond acceptors (Lipinski definition) is 4. The van der Waals surface area contributed by atoms with Crippen LogP contribution in [0, 0.1) is 5.82 Å². The Hall–Kier alpha value is -0.820. The number of aromatic hydroxyl groups is 1. The Bertz CT molecular complexity index is 423. The number of aliphatic hydroxyl groups is 1. The fraction of sp³-hybridized carbons (Fsp3) is 0.538. The summed E-state index contributed by atoms with van der Waals surface area (Å²) in [5, 5.41) is 18.8. The molecule has 0 amide bonds. The maximum Gasteiger partial charge on any atom is 0.136 e. The van der Waals surface area contributed by atoms with Crippen LogP contribution in [-0.4, -0.2) is 26.1 Å². The minimum absolute atomic E-state index is 0.0849. The molecule has 1 aromatic rings. The molecule has 108 valence electrons. The summed E-state index contributed by atoms with van der Waals surface area (Å²) in [7, 11) is 0. The topological polar surface area (TPSA) is 75.5 Å². The van der Waals surface area contributed by atoms with E-state index in [9.17, 15) is 14.0 Å². The number of benzene rings is 1. The summed E-state index contributed by atoms with van der Waals surface area (Å²) < 4.78 is 27.6. The molecule has 0 bridgehead atoms. The van der Waals surface area contributed by atoms with Gasteiger partial charge in [-0.05, 0) is 45.4 Å². The first-order valence-electron chi connectivity index (χ1n) is 6.03. The standard InChI is InChI=1S/C13H20FNO3S/c1-13(2,3)19(18)15-11(6-7-16)10-8-9(14)4-5-12(10)17/h4-5,8,11,15-17H,6-7H2,1-3H3/t11-,19-/m1/s1. The van der Waals surface area contributed by atoms with Gasteiger partial charge < -0.3 is 14.8 Å². The highest BCUT2D eigenvalue weighted by Gasteiger charge is 2.30. The molecule has 6 heteroatoms. The van der Waals surface area contributed by atoms with E-state index in [2.05, 4.69) is 4.72 Å². The average molecular weight is 289 g/mol. The summed E-state index contributed by atoms with van der Waals surface area (Å²) in [5.41, 5.74) is 0.298. The third-order valence-electron chi connectivity index (χ3n) is 2.59. The van der Waals surface area contributed by atoms with E-state index in [1.54, 1.807) is 20.8 Å². The van der Waals surface area contributed by atoms with E-state index in [1.165, 1.54) is 12.1 Å². The molecule has 1 rings (SSSR count). The third kappa shape index (κ3) is 4.65. The molecule has 0 fully saturated rings. The molecular weight excluding hydrogens is 269 g/mol. The van der Waals surface area contributed by atoms with Crippen LogP contribution in [0.5, 0.6) is 5.75 Å². The number of aliphatic hydroxyl groups excluding tert-OH is 1. The summed E-state index contributed by atoms with van der Waals surface area (Å²) in [4.78, 5) is 0. The lowest BCUT2D eigenvalue weighted by Gasteiger charge is -2.28. The Kier molecular flexibility index (Phi) is 5.61. The van der Waals surface area contributed by atoms with E-state index < -0.39 is 28.0 Å².